The molecule has 0 spiro atoms. The number of carbonyl (C=O) groups is 1. The van der Waals surface area contributed by atoms with Crippen LogP contribution in [0.25, 0.3) is 0 Å². The van der Waals surface area contributed by atoms with E-state index in [1.54, 1.807) is 0 Å². The van der Waals surface area contributed by atoms with Gasteiger partial charge in [-0.15, -0.1) is 0 Å². The SMILES string of the molecule is CCN(CC(C)C)C(=O)COC(C)C. The van der Waals surface area contributed by atoms with Crippen molar-refractivity contribution < 1.29 is 9.53 Å². The smallest absolute Gasteiger partial charge is 0.248 e. The highest BCUT2D eigenvalue weighted by molar-refractivity contribution is 5.77. The molecule has 0 aromatic heterocycles. The third-order valence-electron chi connectivity index (χ3n) is 1.86. The lowest BCUT2D eigenvalue weighted by atomic mass is 10.2. The molecule has 0 rings (SSSR count). The van der Waals surface area contributed by atoms with Gasteiger partial charge in [0.15, 0.2) is 0 Å². The minimum atomic E-state index is 0.0925. The minimum absolute atomic E-state index is 0.0925. The first-order valence-corrected chi connectivity index (χ1v) is 5.36. The van der Waals surface area contributed by atoms with Crippen LogP contribution in [0.5, 0.6) is 0 Å². The Morgan fingerprint density at radius 2 is 1.86 bits per heavy atom. The molecule has 84 valence electrons. The summed E-state index contributed by atoms with van der Waals surface area (Å²) in [6, 6.07) is 0. The molecule has 0 atom stereocenters. The Morgan fingerprint density at radius 3 is 2.21 bits per heavy atom. The number of likely N-dealkylation sites (N-methyl/N-ethyl adjacent to an activating group) is 1. The minimum Gasteiger partial charge on any atom is -0.369 e. The van der Waals surface area contributed by atoms with Crippen LogP contribution >= 0.6 is 0 Å². The van der Waals surface area contributed by atoms with Gasteiger partial charge in [0.2, 0.25) is 5.91 Å². The van der Waals surface area contributed by atoms with E-state index < -0.39 is 0 Å². The van der Waals surface area contributed by atoms with Gasteiger partial charge in [-0.2, -0.15) is 0 Å². The maximum atomic E-state index is 11.6. The first-order valence-electron chi connectivity index (χ1n) is 5.36. The highest BCUT2D eigenvalue weighted by Crippen LogP contribution is 2.00. The van der Waals surface area contributed by atoms with Gasteiger partial charge in [-0.25, -0.2) is 0 Å². The van der Waals surface area contributed by atoms with Crippen LogP contribution in [0.2, 0.25) is 0 Å². The quantitative estimate of drug-likeness (QED) is 0.657. The second-order valence-corrected chi connectivity index (χ2v) is 4.19. The molecular formula is C11H23NO2. The Hall–Kier alpha value is -0.570. The molecule has 0 aliphatic heterocycles. The lowest BCUT2D eigenvalue weighted by Crippen LogP contribution is -2.37. The van der Waals surface area contributed by atoms with E-state index in [0.717, 1.165) is 13.1 Å². The molecule has 0 bridgehead atoms. The van der Waals surface area contributed by atoms with Crippen LogP contribution in [0.15, 0.2) is 0 Å². The molecule has 3 nitrogen and oxygen atoms in total. The lowest BCUT2D eigenvalue weighted by Gasteiger charge is -2.23. The van der Waals surface area contributed by atoms with Crippen molar-refractivity contribution in [3.8, 4) is 0 Å². The van der Waals surface area contributed by atoms with Gasteiger partial charge in [0.05, 0.1) is 6.10 Å². The first kappa shape index (κ1) is 13.4. The molecule has 0 aliphatic rings. The molecule has 0 unspecified atom stereocenters. The normalized spacial score (nSPS) is 11.1. The Bertz CT molecular complexity index is 167. The van der Waals surface area contributed by atoms with Crippen LogP contribution in [-0.4, -0.2) is 36.6 Å². The largest absolute Gasteiger partial charge is 0.369 e. The molecule has 0 fully saturated rings. The van der Waals surface area contributed by atoms with Gasteiger partial charge in [0, 0.05) is 13.1 Å². The number of amides is 1. The lowest BCUT2D eigenvalue weighted by molar-refractivity contribution is -0.137. The van der Waals surface area contributed by atoms with Crippen molar-refractivity contribution in [2.45, 2.75) is 40.7 Å². The highest BCUT2D eigenvalue weighted by Gasteiger charge is 2.13. The summed E-state index contributed by atoms with van der Waals surface area (Å²) in [5.41, 5.74) is 0. The Balaban J connectivity index is 3.92. The van der Waals surface area contributed by atoms with Crippen molar-refractivity contribution in [2.75, 3.05) is 19.7 Å². The van der Waals surface area contributed by atoms with E-state index in [1.165, 1.54) is 0 Å². The number of ether oxygens (including phenoxy) is 1. The second kappa shape index (κ2) is 6.82. The summed E-state index contributed by atoms with van der Waals surface area (Å²) in [5.74, 6) is 0.604. The molecular weight excluding hydrogens is 178 g/mol. The molecule has 14 heavy (non-hydrogen) atoms. The summed E-state index contributed by atoms with van der Waals surface area (Å²) in [5, 5.41) is 0. The van der Waals surface area contributed by atoms with E-state index >= 15 is 0 Å². The molecule has 0 radical (unpaired) electrons. The Morgan fingerprint density at radius 1 is 1.29 bits per heavy atom. The number of hydrogen-bond acceptors (Lipinski definition) is 2. The van der Waals surface area contributed by atoms with Gasteiger partial charge in [0.25, 0.3) is 0 Å². The van der Waals surface area contributed by atoms with E-state index in [9.17, 15) is 4.79 Å². The zero-order chi connectivity index (χ0) is 11.1. The molecule has 0 N–H and O–H groups in total. The number of hydrogen-bond donors (Lipinski definition) is 0. The van der Waals surface area contributed by atoms with E-state index in [-0.39, 0.29) is 18.6 Å². The van der Waals surface area contributed by atoms with Crippen molar-refractivity contribution in [1.82, 2.24) is 4.90 Å². The van der Waals surface area contributed by atoms with Crippen LogP contribution in [-0.2, 0) is 9.53 Å². The monoisotopic (exact) mass is 201 g/mol. The van der Waals surface area contributed by atoms with Crippen molar-refractivity contribution in [3.63, 3.8) is 0 Å². The van der Waals surface area contributed by atoms with Crippen LogP contribution in [0.3, 0.4) is 0 Å². The fourth-order valence-electron chi connectivity index (χ4n) is 1.18. The van der Waals surface area contributed by atoms with Gasteiger partial charge in [-0.3, -0.25) is 4.79 Å². The van der Waals surface area contributed by atoms with Gasteiger partial charge >= 0.3 is 0 Å². The first-order chi connectivity index (χ1) is 6.47. The average molecular weight is 201 g/mol. The van der Waals surface area contributed by atoms with Crippen molar-refractivity contribution in [1.29, 1.82) is 0 Å². The number of carbonyl (C=O) groups excluding carboxylic acids is 1. The van der Waals surface area contributed by atoms with E-state index in [2.05, 4.69) is 13.8 Å². The summed E-state index contributed by atoms with van der Waals surface area (Å²) < 4.78 is 5.28. The molecule has 3 heteroatoms. The van der Waals surface area contributed by atoms with Crippen LogP contribution in [0.4, 0.5) is 0 Å². The van der Waals surface area contributed by atoms with Gasteiger partial charge in [0.1, 0.15) is 6.61 Å². The number of rotatable bonds is 6. The topological polar surface area (TPSA) is 29.5 Å². The Kier molecular flexibility index (Phi) is 6.54. The van der Waals surface area contributed by atoms with E-state index in [4.69, 9.17) is 4.74 Å². The van der Waals surface area contributed by atoms with Gasteiger partial charge < -0.3 is 9.64 Å². The third kappa shape index (κ3) is 5.97. The maximum absolute atomic E-state index is 11.6. The van der Waals surface area contributed by atoms with Gasteiger partial charge in [-0.05, 0) is 26.7 Å². The van der Waals surface area contributed by atoms with Crippen LogP contribution in [0, 0.1) is 5.92 Å². The summed E-state index contributed by atoms with van der Waals surface area (Å²) in [7, 11) is 0. The molecule has 0 aromatic carbocycles. The second-order valence-electron chi connectivity index (χ2n) is 4.19. The molecule has 0 heterocycles. The average Bonchev–Trinajstić information content (AvgIpc) is 2.09. The fraction of sp³-hybridized carbons (Fsp3) is 0.909. The van der Waals surface area contributed by atoms with Crippen LogP contribution < -0.4 is 0 Å². The zero-order valence-corrected chi connectivity index (χ0v) is 10.0. The summed E-state index contributed by atoms with van der Waals surface area (Å²) in [6.45, 7) is 11.9. The van der Waals surface area contributed by atoms with Crippen molar-refractivity contribution >= 4 is 5.91 Å². The van der Waals surface area contributed by atoms with Gasteiger partial charge in [-0.1, -0.05) is 13.8 Å². The summed E-state index contributed by atoms with van der Waals surface area (Å²) in [4.78, 5) is 13.5. The van der Waals surface area contributed by atoms with E-state index in [1.807, 2.05) is 25.7 Å². The van der Waals surface area contributed by atoms with Crippen molar-refractivity contribution in [2.24, 2.45) is 5.92 Å². The Labute approximate surface area is 87.4 Å². The molecule has 0 aliphatic carbocycles. The highest BCUT2D eigenvalue weighted by atomic mass is 16.5. The van der Waals surface area contributed by atoms with Crippen LogP contribution in [0.1, 0.15) is 34.6 Å². The summed E-state index contributed by atoms with van der Waals surface area (Å²) in [6.07, 6.45) is 0.122. The summed E-state index contributed by atoms with van der Waals surface area (Å²) >= 11 is 0. The molecule has 0 saturated heterocycles. The van der Waals surface area contributed by atoms with E-state index in [0.29, 0.717) is 5.92 Å². The third-order valence-corrected chi connectivity index (χ3v) is 1.86. The predicted octanol–water partition coefficient (Wildman–Crippen LogP) is 1.92. The van der Waals surface area contributed by atoms with Crippen molar-refractivity contribution in [3.05, 3.63) is 0 Å². The maximum Gasteiger partial charge on any atom is 0.248 e. The predicted molar refractivity (Wildman–Crippen MR) is 58.2 cm³/mol. The number of nitrogens with zero attached hydrogens (tertiary/aromatic N) is 1. The molecule has 1 amide bonds. The standard InChI is InChI=1S/C11H23NO2/c1-6-12(7-9(2)3)11(13)8-14-10(4)5/h9-10H,6-8H2,1-5H3. The zero-order valence-electron chi connectivity index (χ0n) is 10.0. The molecule has 0 aromatic rings. The fourth-order valence-corrected chi connectivity index (χ4v) is 1.18. The molecule has 0 saturated carbocycles.